The molecule has 0 spiro atoms. The van der Waals surface area contributed by atoms with Crippen molar-refractivity contribution in [3.05, 3.63) is 35.0 Å². The molecule has 17 heavy (non-hydrogen) atoms. The molecule has 86 valence electrons. The fraction of sp³-hybridized carbons (Fsp3) is 0.182. The van der Waals surface area contributed by atoms with Crippen LogP contribution in [-0.4, -0.2) is 19.8 Å². The fourth-order valence-corrected chi connectivity index (χ4v) is 2.61. The SMILES string of the molecule is Cc1ccsc1-c1ccc2nnc(CN)n2n1. The number of hydrogen-bond donors (Lipinski definition) is 1. The summed E-state index contributed by atoms with van der Waals surface area (Å²) in [5.74, 6) is 0.677. The van der Waals surface area contributed by atoms with Crippen LogP contribution in [0, 0.1) is 6.92 Å². The largest absolute Gasteiger partial charge is 0.324 e. The molecule has 0 aliphatic rings. The fourth-order valence-electron chi connectivity index (χ4n) is 1.72. The van der Waals surface area contributed by atoms with Gasteiger partial charge in [-0.25, -0.2) is 0 Å². The van der Waals surface area contributed by atoms with Gasteiger partial charge in [0.1, 0.15) is 5.69 Å². The molecule has 5 nitrogen and oxygen atoms in total. The number of aryl methyl sites for hydroxylation is 1. The first kappa shape index (κ1) is 10.4. The molecule has 0 saturated carbocycles. The molecule has 0 amide bonds. The second-order valence-electron chi connectivity index (χ2n) is 3.74. The van der Waals surface area contributed by atoms with E-state index in [9.17, 15) is 0 Å². The van der Waals surface area contributed by atoms with Crippen LogP contribution < -0.4 is 5.73 Å². The van der Waals surface area contributed by atoms with E-state index in [0.717, 1.165) is 11.3 Å². The standard InChI is InChI=1S/C11H11N5S/c1-7-4-5-17-11(7)8-2-3-9-13-14-10(6-12)16(9)15-8/h2-5H,6,12H2,1H3. The molecule has 2 N–H and O–H groups in total. The molecule has 0 aromatic carbocycles. The van der Waals surface area contributed by atoms with E-state index in [1.807, 2.05) is 12.1 Å². The molecule has 0 aliphatic carbocycles. The zero-order valence-electron chi connectivity index (χ0n) is 9.29. The van der Waals surface area contributed by atoms with Crippen LogP contribution in [0.5, 0.6) is 0 Å². The normalized spacial score (nSPS) is 11.2. The van der Waals surface area contributed by atoms with Crippen LogP contribution in [0.1, 0.15) is 11.4 Å². The highest BCUT2D eigenvalue weighted by Crippen LogP contribution is 2.27. The van der Waals surface area contributed by atoms with Crippen LogP contribution in [0.15, 0.2) is 23.6 Å². The molecular weight excluding hydrogens is 234 g/mol. The lowest BCUT2D eigenvalue weighted by Gasteiger charge is -2.01. The summed E-state index contributed by atoms with van der Waals surface area (Å²) >= 11 is 1.68. The molecule has 0 unspecified atom stereocenters. The number of fused-ring (bicyclic) bond motifs is 1. The maximum atomic E-state index is 5.60. The third kappa shape index (κ3) is 1.62. The first-order valence-corrected chi connectivity index (χ1v) is 6.13. The first-order valence-electron chi connectivity index (χ1n) is 5.25. The van der Waals surface area contributed by atoms with E-state index in [0.29, 0.717) is 12.4 Å². The molecule has 0 saturated heterocycles. The summed E-state index contributed by atoms with van der Waals surface area (Å²) in [5, 5.41) is 14.6. The number of hydrogen-bond acceptors (Lipinski definition) is 5. The van der Waals surface area contributed by atoms with E-state index in [4.69, 9.17) is 5.73 Å². The first-order chi connectivity index (χ1) is 8.29. The third-order valence-corrected chi connectivity index (χ3v) is 3.64. The Morgan fingerprint density at radius 1 is 1.29 bits per heavy atom. The predicted molar refractivity (Wildman–Crippen MR) is 66.7 cm³/mol. The monoisotopic (exact) mass is 245 g/mol. The van der Waals surface area contributed by atoms with E-state index in [-0.39, 0.29) is 0 Å². The zero-order valence-corrected chi connectivity index (χ0v) is 10.1. The molecular formula is C11H11N5S. The summed E-state index contributed by atoms with van der Waals surface area (Å²) in [6, 6.07) is 5.96. The van der Waals surface area contributed by atoms with Crippen molar-refractivity contribution in [2.75, 3.05) is 0 Å². The second-order valence-corrected chi connectivity index (χ2v) is 4.66. The van der Waals surface area contributed by atoms with Gasteiger partial charge in [0.05, 0.1) is 11.4 Å². The summed E-state index contributed by atoms with van der Waals surface area (Å²) in [6.45, 7) is 2.41. The van der Waals surface area contributed by atoms with Crippen molar-refractivity contribution in [3.8, 4) is 10.6 Å². The van der Waals surface area contributed by atoms with Crippen molar-refractivity contribution in [2.24, 2.45) is 5.73 Å². The van der Waals surface area contributed by atoms with Gasteiger partial charge in [0, 0.05) is 0 Å². The molecule has 0 aliphatic heterocycles. The van der Waals surface area contributed by atoms with Gasteiger partial charge in [0.15, 0.2) is 11.5 Å². The van der Waals surface area contributed by atoms with Gasteiger partial charge in [-0.05, 0) is 36.1 Å². The van der Waals surface area contributed by atoms with Gasteiger partial charge < -0.3 is 5.73 Å². The van der Waals surface area contributed by atoms with E-state index < -0.39 is 0 Å². The van der Waals surface area contributed by atoms with Crippen molar-refractivity contribution >= 4 is 17.0 Å². The van der Waals surface area contributed by atoms with Gasteiger partial charge >= 0.3 is 0 Å². The molecule has 3 rings (SSSR count). The molecule has 6 heteroatoms. The van der Waals surface area contributed by atoms with Crippen molar-refractivity contribution < 1.29 is 0 Å². The number of rotatable bonds is 2. The summed E-state index contributed by atoms with van der Waals surface area (Å²) in [6.07, 6.45) is 0. The minimum atomic E-state index is 0.334. The van der Waals surface area contributed by atoms with E-state index in [1.165, 1.54) is 10.4 Å². The number of nitrogens with two attached hydrogens (primary N) is 1. The minimum absolute atomic E-state index is 0.334. The van der Waals surface area contributed by atoms with Crippen LogP contribution in [0.25, 0.3) is 16.2 Å². The quantitative estimate of drug-likeness (QED) is 0.745. The molecule has 0 fully saturated rings. The summed E-state index contributed by atoms with van der Waals surface area (Å²) in [5.41, 5.74) is 8.48. The van der Waals surface area contributed by atoms with Gasteiger partial charge in [-0.1, -0.05) is 0 Å². The zero-order chi connectivity index (χ0) is 11.8. The maximum Gasteiger partial charge on any atom is 0.177 e. The molecule has 0 radical (unpaired) electrons. The number of nitrogens with zero attached hydrogens (tertiary/aromatic N) is 4. The van der Waals surface area contributed by atoms with E-state index >= 15 is 0 Å². The van der Waals surface area contributed by atoms with Crippen molar-refractivity contribution in [3.63, 3.8) is 0 Å². The minimum Gasteiger partial charge on any atom is -0.324 e. The van der Waals surface area contributed by atoms with Gasteiger partial charge in [0.25, 0.3) is 0 Å². The maximum absolute atomic E-state index is 5.60. The predicted octanol–water partition coefficient (Wildman–Crippen LogP) is 1.62. The van der Waals surface area contributed by atoms with Crippen molar-refractivity contribution in [1.82, 2.24) is 19.8 Å². The molecule has 3 aromatic heterocycles. The van der Waals surface area contributed by atoms with Crippen LogP contribution in [0.2, 0.25) is 0 Å². The lowest BCUT2D eigenvalue weighted by molar-refractivity contribution is 0.811. The molecule has 0 bridgehead atoms. The Bertz CT molecular complexity index is 669. The Balaban J connectivity index is 2.22. The Kier molecular flexibility index (Phi) is 2.38. The molecule has 3 aromatic rings. The van der Waals surface area contributed by atoms with E-state index in [2.05, 4.69) is 33.7 Å². The Morgan fingerprint density at radius 2 is 2.18 bits per heavy atom. The average Bonchev–Trinajstić information content (AvgIpc) is 2.93. The lowest BCUT2D eigenvalue weighted by Crippen LogP contribution is -2.05. The van der Waals surface area contributed by atoms with Gasteiger partial charge in [-0.2, -0.15) is 9.61 Å². The number of thiophene rings is 1. The molecule has 0 atom stereocenters. The Hall–Kier alpha value is -1.79. The summed E-state index contributed by atoms with van der Waals surface area (Å²) < 4.78 is 1.70. The second kappa shape index (κ2) is 3.90. The van der Waals surface area contributed by atoms with Gasteiger partial charge in [-0.3, -0.25) is 0 Å². The van der Waals surface area contributed by atoms with Crippen molar-refractivity contribution in [1.29, 1.82) is 0 Å². The topological polar surface area (TPSA) is 69.1 Å². The van der Waals surface area contributed by atoms with Gasteiger partial charge in [0.2, 0.25) is 0 Å². The highest BCUT2D eigenvalue weighted by Gasteiger charge is 2.09. The lowest BCUT2D eigenvalue weighted by atomic mass is 10.2. The third-order valence-electron chi connectivity index (χ3n) is 2.60. The van der Waals surface area contributed by atoms with Crippen LogP contribution in [0.3, 0.4) is 0 Å². The summed E-state index contributed by atoms with van der Waals surface area (Å²) in [4.78, 5) is 1.17. The van der Waals surface area contributed by atoms with Crippen LogP contribution in [-0.2, 0) is 6.54 Å². The summed E-state index contributed by atoms with van der Waals surface area (Å²) in [7, 11) is 0. The average molecular weight is 245 g/mol. The van der Waals surface area contributed by atoms with Gasteiger partial charge in [-0.15, -0.1) is 21.5 Å². The smallest absolute Gasteiger partial charge is 0.177 e. The Labute approximate surface area is 102 Å². The number of aromatic nitrogens is 4. The van der Waals surface area contributed by atoms with E-state index in [1.54, 1.807) is 15.9 Å². The Morgan fingerprint density at radius 3 is 2.88 bits per heavy atom. The van der Waals surface area contributed by atoms with Crippen molar-refractivity contribution in [2.45, 2.75) is 13.5 Å². The molecule has 3 heterocycles. The van der Waals surface area contributed by atoms with Crippen LogP contribution >= 0.6 is 11.3 Å². The van der Waals surface area contributed by atoms with Crippen LogP contribution in [0.4, 0.5) is 0 Å². The highest BCUT2D eigenvalue weighted by atomic mass is 32.1. The highest BCUT2D eigenvalue weighted by molar-refractivity contribution is 7.13.